The minimum atomic E-state index is -0.320. The van der Waals surface area contributed by atoms with Gasteiger partial charge >= 0.3 is 0 Å². The van der Waals surface area contributed by atoms with Crippen LogP contribution in [0.25, 0.3) is 22.6 Å². The zero-order valence-corrected chi connectivity index (χ0v) is 17.9. The Labute approximate surface area is 180 Å². The van der Waals surface area contributed by atoms with Gasteiger partial charge in [0.1, 0.15) is 17.0 Å². The largest absolute Gasteiger partial charge is 0.507 e. The van der Waals surface area contributed by atoms with Crippen LogP contribution in [-0.4, -0.2) is 22.6 Å². The molecule has 0 bridgehead atoms. The number of oxazole rings is 1. The molecule has 0 aliphatic rings. The molecule has 0 aliphatic carbocycles. The van der Waals surface area contributed by atoms with Gasteiger partial charge in [0, 0.05) is 11.8 Å². The first kappa shape index (κ1) is 20.5. The Morgan fingerprint density at radius 2 is 1.77 bits per heavy atom. The first-order valence-electron chi connectivity index (χ1n) is 10.0. The van der Waals surface area contributed by atoms with Crippen molar-refractivity contribution in [1.82, 2.24) is 4.98 Å². The summed E-state index contributed by atoms with van der Waals surface area (Å²) in [7, 11) is 0. The quantitative estimate of drug-likeness (QED) is 0.452. The maximum Gasteiger partial charge on any atom is 0.262 e. The lowest BCUT2D eigenvalue weighted by molar-refractivity contribution is -0.118. The van der Waals surface area contributed by atoms with Crippen molar-refractivity contribution in [3.05, 3.63) is 70.8 Å². The van der Waals surface area contributed by atoms with Crippen LogP contribution in [0.5, 0.6) is 11.5 Å². The molecule has 6 heteroatoms. The molecule has 31 heavy (non-hydrogen) atoms. The minimum absolute atomic E-state index is 0.0342. The van der Waals surface area contributed by atoms with Crippen molar-refractivity contribution in [2.75, 3.05) is 11.9 Å². The van der Waals surface area contributed by atoms with E-state index in [4.69, 9.17) is 9.15 Å². The first-order valence-corrected chi connectivity index (χ1v) is 10.0. The number of hydrogen-bond acceptors (Lipinski definition) is 5. The van der Waals surface area contributed by atoms with Crippen LogP contribution in [0, 0.1) is 27.7 Å². The molecule has 0 saturated heterocycles. The van der Waals surface area contributed by atoms with Gasteiger partial charge in [0.05, 0.1) is 5.56 Å². The van der Waals surface area contributed by atoms with Gasteiger partial charge in [-0.1, -0.05) is 17.7 Å². The molecule has 0 atom stereocenters. The average molecular weight is 416 g/mol. The summed E-state index contributed by atoms with van der Waals surface area (Å²) >= 11 is 0. The summed E-state index contributed by atoms with van der Waals surface area (Å²) in [5.41, 5.74) is 6.65. The number of phenols is 1. The lowest BCUT2D eigenvalue weighted by Gasteiger charge is -2.11. The van der Waals surface area contributed by atoms with E-state index < -0.39 is 0 Å². The molecule has 0 saturated carbocycles. The monoisotopic (exact) mass is 416 g/mol. The van der Waals surface area contributed by atoms with Gasteiger partial charge in [-0.05, 0) is 74.7 Å². The number of anilines is 1. The average Bonchev–Trinajstić information content (AvgIpc) is 3.10. The van der Waals surface area contributed by atoms with Gasteiger partial charge < -0.3 is 19.6 Å². The van der Waals surface area contributed by atoms with Gasteiger partial charge in [0.25, 0.3) is 5.91 Å². The summed E-state index contributed by atoms with van der Waals surface area (Å²) in [5, 5.41) is 13.2. The molecule has 0 aliphatic heterocycles. The first-order chi connectivity index (χ1) is 14.8. The van der Waals surface area contributed by atoms with E-state index in [1.165, 1.54) is 6.07 Å². The summed E-state index contributed by atoms with van der Waals surface area (Å²) < 4.78 is 11.4. The molecule has 0 radical (unpaired) electrons. The summed E-state index contributed by atoms with van der Waals surface area (Å²) in [6.07, 6.45) is 0. The van der Waals surface area contributed by atoms with Gasteiger partial charge in [0.2, 0.25) is 5.89 Å². The van der Waals surface area contributed by atoms with E-state index in [9.17, 15) is 9.90 Å². The highest BCUT2D eigenvalue weighted by Gasteiger charge is 2.15. The highest BCUT2D eigenvalue weighted by molar-refractivity contribution is 5.92. The number of phenolic OH excluding ortho intramolecular Hbond substituents is 1. The van der Waals surface area contributed by atoms with E-state index in [-0.39, 0.29) is 18.3 Å². The number of ether oxygens (including phenoxy) is 1. The van der Waals surface area contributed by atoms with Crippen molar-refractivity contribution in [1.29, 1.82) is 0 Å². The van der Waals surface area contributed by atoms with Crippen LogP contribution in [0.4, 0.5) is 5.69 Å². The molecule has 4 aromatic rings. The molecule has 1 heterocycles. The lowest BCUT2D eigenvalue weighted by Crippen LogP contribution is -2.20. The van der Waals surface area contributed by atoms with E-state index >= 15 is 0 Å². The number of nitrogens with one attached hydrogen (secondary N) is 1. The number of rotatable bonds is 5. The minimum Gasteiger partial charge on any atom is -0.507 e. The van der Waals surface area contributed by atoms with E-state index in [0.29, 0.717) is 28.5 Å². The fourth-order valence-electron chi connectivity index (χ4n) is 3.39. The number of hydrogen-bond donors (Lipinski definition) is 2. The van der Waals surface area contributed by atoms with Crippen molar-refractivity contribution in [3.63, 3.8) is 0 Å². The maximum absolute atomic E-state index is 12.3. The number of nitrogens with zero attached hydrogens (tertiary/aromatic N) is 1. The molecule has 1 aromatic heterocycles. The van der Waals surface area contributed by atoms with E-state index in [2.05, 4.69) is 10.3 Å². The van der Waals surface area contributed by atoms with Crippen molar-refractivity contribution in [2.45, 2.75) is 27.7 Å². The molecule has 4 rings (SSSR count). The molecule has 158 valence electrons. The molecule has 6 nitrogen and oxygen atoms in total. The van der Waals surface area contributed by atoms with Crippen molar-refractivity contribution < 1.29 is 19.1 Å². The maximum atomic E-state index is 12.3. The fourth-order valence-corrected chi connectivity index (χ4v) is 3.39. The highest BCUT2D eigenvalue weighted by atomic mass is 16.5. The third kappa shape index (κ3) is 4.38. The molecular formula is C25H24N2O4. The predicted octanol–water partition coefficient (Wildman–Crippen LogP) is 5.45. The second kappa shape index (κ2) is 8.14. The van der Waals surface area contributed by atoms with Crippen molar-refractivity contribution in [3.8, 4) is 23.0 Å². The molecule has 3 aromatic carbocycles. The molecule has 0 spiro atoms. The third-order valence-corrected chi connectivity index (χ3v) is 5.21. The van der Waals surface area contributed by atoms with Gasteiger partial charge in [-0.25, -0.2) is 4.98 Å². The van der Waals surface area contributed by atoms with Crippen molar-refractivity contribution in [2.24, 2.45) is 0 Å². The van der Waals surface area contributed by atoms with E-state index in [1.807, 2.05) is 58.0 Å². The van der Waals surface area contributed by atoms with Gasteiger partial charge in [-0.15, -0.1) is 0 Å². The zero-order chi connectivity index (χ0) is 22.1. The smallest absolute Gasteiger partial charge is 0.262 e. The normalized spacial score (nSPS) is 11.0. The number of aryl methyl sites for hydroxylation is 4. The standard InChI is InChI=1S/C25H24N2O4/c1-14-5-8-22(17(4)9-14)30-13-24(29)26-18-6-7-19(21(28)12-18)25-27-20-10-15(2)16(3)11-23(20)31-25/h5-12,28H,13H2,1-4H3,(H,26,29). The van der Waals surface area contributed by atoms with Crippen LogP contribution in [0.2, 0.25) is 0 Å². The topological polar surface area (TPSA) is 84.6 Å². The van der Waals surface area contributed by atoms with Crippen LogP contribution in [-0.2, 0) is 4.79 Å². The molecule has 1 amide bonds. The number of aromatic nitrogens is 1. The summed E-state index contributed by atoms with van der Waals surface area (Å²) in [6, 6.07) is 14.5. The Hall–Kier alpha value is -3.80. The molecule has 0 unspecified atom stereocenters. The van der Waals surface area contributed by atoms with Crippen LogP contribution in [0.1, 0.15) is 22.3 Å². The Kier molecular flexibility index (Phi) is 5.38. The highest BCUT2D eigenvalue weighted by Crippen LogP contribution is 2.33. The van der Waals surface area contributed by atoms with Gasteiger partial charge in [-0.3, -0.25) is 4.79 Å². The predicted molar refractivity (Wildman–Crippen MR) is 121 cm³/mol. The number of aromatic hydroxyl groups is 1. The summed E-state index contributed by atoms with van der Waals surface area (Å²) in [5.74, 6) is 0.641. The number of benzene rings is 3. The Morgan fingerprint density at radius 3 is 2.52 bits per heavy atom. The third-order valence-electron chi connectivity index (χ3n) is 5.21. The second-order valence-corrected chi connectivity index (χ2v) is 7.76. The zero-order valence-electron chi connectivity index (χ0n) is 17.9. The van der Waals surface area contributed by atoms with Crippen LogP contribution in [0.15, 0.2) is 52.9 Å². The molecule has 0 fully saturated rings. The van der Waals surface area contributed by atoms with Gasteiger partial charge in [0.15, 0.2) is 12.2 Å². The Morgan fingerprint density at radius 1 is 1.00 bits per heavy atom. The fraction of sp³-hybridized carbons (Fsp3) is 0.200. The Bertz CT molecular complexity index is 1250. The number of amides is 1. The van der Waals surface area contributed by atoms with E-state index in [1.54, 1.807) is 12.1 Å². The SMILES string of the molecule is Cc1ccc(OCC(=O)Nc2ccc(-c3nc4cc(C)c(C)cc4o3)c(O)c2)c(C)c1. The Balaban J connectivity index is 1.46. The van der Waals surface area contributed by atoms with Crippen LogP contribution >= 0.6 is 0 Å². The molecule has 2 N–H and O–H groups in total. The number of fused-ring (bicyclic) bond motifs is 1. The molecular weight excluding hydrogens is 392 g/mol. The van der Waals surface area contributed by atoms with Crippen molar-refractivity contribution >= 4 is 22.7 Å². The van der Waals surface area contributed by atoms with Gasteiger partial charge in [-0.2, -0.15) is 0 Å². The van der Waals surface area contributed by atoms with Crippen LogP contribution in [0.3, 0.4) is 0 Å². The second-order valence-electron chi connectivity index (χ2n) is 7.76. The van der Waals surface area contributed by atoms with Crippen LogP contribution < -0.4 is 10.1 Å². The van der Waals surface area contributed by atoms with E-state index in [0.717, 1.165) is 27.8 Å². The number of carbonyl (C=O) groups excluding carboxylic acids is 1. The summed E-state index contributed by atoms with van der Waals surface area (Å²) in [6.45, 7) is 7.84. The summed E-state index contributed by atoms with van der Waals surface area (Å²) in [4.78, 5) is 16.7. The lowest BCUT2D eigenvalue weighted by atomic mass is 10.1. The number of carbonyl (C=O) groups is 1.